The van der Waals surface area contributed by atoms with E-state index in [1.54, 1.807) is 12.2 Å². The fraction of sp³-hybridized carbons (Fsp3) is 0.381. The quantitative estimate of drug-likeness (QED) is 0.659. The number of benzene rings is 1. The molecule has 0 unspecified atom stereocenters. The Morgan fingerprint density at radius 3 is 2.41 bits per heavy atom. The fourth-order valence-electron chi connectivity index (χ4n) is 2.87. The normalized spacial score (nSPS) is 13.9. The molecule has 1 aromatic carbocycles. The van der Waals surface area contributed by atoms with Gasteiger partial charge in [0.1, 0.15) is 5.82 Å². The Morgan fingerprint density at radius 1 is 1.15 bits per heavy atom. The SMILES string of the molecule is Cc1nc(-c2ccccc2)c(/C=C/[C@@H](O)C[C@@H](O)CC(=O)O)c(C(C)C)n1. The highest BCUT2D eigenvalue weighted by Gasteiger charge is 2.17. The first kappa shape index (κ1) is 20.7. The molecule has 0 radical (unpaired) electrons. The number of aliphatic hydroxyl groups excluding tert-OH is 2. The van der Waals surface area contributed by atoms with Crippen LogP contribution in [0.1, 0.15) is 49.7 Å². The Kier molecular flexibility index (Phi) is 7.21. The van der Waals surface area contributed by atoms with Crippen molar-refractivity contribution in [3.05, 3.63) is 53.5 Å². The van der Waals surface area contributed by atoms with Crippen molar-refractivity contribution in [1.82, 2.24) is 9.97 Å². The van der Waals surface area contributed by atoms with Gasteiger partial charge < -0.3 is 15.3 Å². The number of carbonyl (C=O) groups is 1. The second-order valence-corrected chi connectivity index (χ2v) is 6.85. The summed E-state index contributed by atoms with van der Waals surface area (Å²) in [4.78, 5) is 19.8. The number of carboxylic acid groups (broad SMARTS) is 1. The van der Waals surface area contributed by atoms with Crippen LogP contribution in [0.3, 0.4) is 0 Å². The third-order valence-electron chi connectivity index (χ3n) is 4.09. The van der Waals surface area contributed by atoms with Gasteiger partial charge in [0, 0.05) is 17.5 Å². The number of aliphatic hydroxyl groups is 2. The zero-order valence-corrected chi connectivity index (χ0v) is 15.8. The Morgan fingerprint density at radius 2 is 1.81 bits per heavy atom. The molecule has 0 fully saturated rings. The Bertz CT molecular complexity index is 803. The largest absolute Gasteiger partial charge is 0.481 e. The fourth-order valence-corrected chi connectivity index (χ4v) is 2.87. The molecule has 6 heteroatoms. The molecular weight excluding hydrogens is 344 g/mol. The predicted molar refractivity (Wildman–Crippen MR) is 104 cm³/mol. The Balaban J connectivity index is 2.37. The van der Waals surface area contributed by atoms with Crippen molar-refractivity contribution in [3.63, 3.8) is 0 Å². The first-order valence-corrected chi connectivity index (χ1v) is 8.98. The van der Waals surface area contributed by atoms with E-state index in [-0.39, 0.29) is 12.3 Å². The second-order valence-electron chi connectivity index (χ2n) is 6.85. The maximum atomic E-state index is 10.6. The van der Waals surface area contributed by atoms with E-state index >= 15 is 0 Å². The van der Waals surface area contributed by atoms with Crippen LogP contribution in [-0.4, -0.2) is 43.5 Å². The maximum absolute atomic E-state index is 10.6. The maximum Gasteiger partial charge on any atom is 0.305 e. The van der Waals surface area contributed by atoms with E-state index in [9.17, 15) is 15.0 Å². The van der Waals surface area contributed by atoms with E-state index in [1.165, 1.54) is 0 Å². The lowest BCUT2D eigenvalue weighted by Gasteiger charge is -2.15. The predicted octanol–water partition coefficient (Wildman–Crippen LogP) is 3.18. The summed E-state index contributed by atoms with van der Waals surface area (Å²) in [5, 5.41) is 28.6. The van der Waals surface area contributed by atoms with E-state index < -0.39 is 24.6 Å². The summed E-state index contributed by atoms with van der Waals surface area (Å²) >= 11 is 0. The van der Waals surface area contributed by atoms with Gasteiger partial charge >= 0.3 is 5.97 Å². The summed E-state index contributed by atoms with van der Waals surface area (Å²) in [6, 6.07) is 9.75. The molecule has 0 aliphatic rings. The zero-order chi connectivity index (χ0) is 20.0. The summed E-state index contributed by atoms with van der Waals surface area (Å²) in [6.45, 7) is 5.94. The number of hydrogen-bond donors (Lipinski definition) is 3. The molecule has 144 valence electrons. The standard InChI is InChI=1S/C21H26N2O4/c1-13(2)20-18(10-9-16(24)11-17(25)12-19(26)27)21(23-14(3)22-20)15-7-5-4-6-8-15/h4-10,13,16-17,24-25H,11-12H2,1-3H3,(H,26,27)/b10-9+/t16-,17-/m1/s1. The van der Waals surface area contributed by atoms with Crippen LogP contribution in [0.25, 0.3) is 17.3 Å². The minimum absolute atomic E-state index is 0.0484. The van der Waals surface area contributed by atoms with Crippen LogP contribution in [0.4, 0.5) is 0 Å². The zero-order valence-electron chi connectivity index (χ0n) is 15.8. The second kappa shape index (κ2) is 9.39. The van der Waals surface area contributed by atoms with Gasteiger partial charge in [-0.25, -0.2) is 9.97 Å². The first-order valence-electron chi connectivity index (χ1n) is 8.98. The molecule has 0 saturated heterocycles. The van der Waals surface area contributed by atoms with Crippen LogP contribution < -0.4 is 0 Å². The number of aryl methyl sites for hydroxylation is 1. The smallest absolute Gasteiger partial charge is 0.305 e. The van der Waals surface area contributed by atoms with E-state index in [2.05, 4.69) is 9.97 Å². The highest BCUT2D eigenvalue weighted by molar-refractivity contribution is 5.73. The van der Waals surface area contributed by atoms with Crippen LogP contribution in [0.5, 0.6) is 0 Å². The van der Waals surface area contributed by atoms with Crippen molar-refractivity contribution in [3.8, 4) is 11.3 Å². The topological polar surface area (TPSA) is 104 Å². The van der Waals surface area contributed by atoms with E-state index in [0.29, 0.717) is 5.82 Å². The molecule has 2 aromatic rings. The van der Waals surface area contributed by atoms with Gasteiger partial charge in [-0.05, 0) is 12.8 Å². The number of aliphatic carboxylic acids is 1. The molecule has 0 bridgehead atoms. The molecule has 27 heavy (non-hydrogen) atoms. The highest BCUT2D eigenvalue weighted by atomic mass is 16.4. The molecule has 3 N–H and O–H groups in total. The average molecular weight is 370 g/mol. The monoisotopic (exact) mass is 370 g/mol. The molecule has 2 atom stereocenters. The number of nitrogens with zero attached hydrogens (tertiary/aromatic N) is 2. The van der Waals surface area contributed by atoms with E-state index in [4.69, 9.17) is 5.11 Å². The van der Waals surface area contributed by atoms with Gasteiger partial charge in [0.25, 0.3) is 0 Å². The summed E-state index contributed by atoms with van der Waals surface area (Å²) in [6.07, 6.45) is 0.796. The molecule has 1 aromatic heterocycles. The van der Waals surface area contributed by atoms with Gasteiger partial charge in [-0.15, -0.1) is 0 Å². The minimum Gasteiger partial charge on any atom is -0.481 e. The van der Waals surface area contributed by atoms with Crippen molar-refractivity contribution in [1.29, 1.82) is 0 Å². The van der Waals surface area contributed by atoms with Gasteiger partial charge in [0.15, 0.2) is 0 Å². The number of rotatable bonds is 8. The van der Waals surface area contributed by atoms with E-state index in [1.807, 2.05) is 51.1 Å². The van der Waals surface area contributed by atoms with E-state index in [0.717, 1.165) is 22.5 Å². The molecule has 0 spiro atoms. The lowest BCUT2D eigenvalue weighted by molar-refractivity contribution is -0.139. The molecule has 0 aliphatic carbocycles. The van der Waals surface area contributed by atoms with Crippen molar-refractivity contribution < 1.29 is 20.1 Å². The van der Waals surface area contributed by atoms with Crippen molar-refractivity contribution in [2.45, 2.75) is 51.7 Å². The van der Waals surface area contributed by atoms with Gasteiger partial charge in [0.05, 0.1) is 30.0 Å². The third kappa shape index (κ3) is 5.98. The molecule has 0 aliphatic heterocycles. The highest BCUT2D eigenvalue weighted by Crippen LogP contribution is 2.29. The average Bonchev–Trinajstić information content (AvgIpc) is 2.59. The number of carboxylic acids is 1. The Labute approximate surface area is 159 Å². The third-order valence-corrected chi connectivity index (χ3v) is 4.09. The van der Waals surface area contributed by atoms with Crippen LogP contribution in [0.2, 0.25) is 0 Å². The number of aromatic nitrogens is 2. The van der Waals surface area contributed by atoms with Crippen molar-refractivity contribution in [2.75, 3.05) is 0 Å². The minimum atomic E-state index is -1.10. The lowest BCUT2D eigenvalue weighted by Crippen LogP contribution is -2.19. The van der Waals surface area contributed by atoms with Gasteiger partial charge in [0.2, 0.25) is 0 Å². The molecule has 2 rings (SSSR count). The summed E-state index contributed by atoms with van der Waals surface area (Å²) in [5.74, 6) is -0.269. The lowest BCUT2D eigenvalue weighted by atomic mass is 9.97. The van der Waals surface area contributed by atoms with Gasteiger partial charge in [-0.3, -0.25) is 4.79 Å². The van der Waals surface area contributed by atoms with Crippen LogP contribution >= 0.6 is 0 Å². The molecular formula is C21H26N2O4. The molecule has 1 heterocycles. The van der Waals surface area contributed by atoms with Crippen molar-refractivity contribution in [2.24, 2.45) is 0 Å². The van der Waals surface area contributed by atoms with Crippen LogP contribution in [0, 0.1) is 6.92 Å². The number of hydrogen-bond acceptors (Lipinski definition) is 5. The summed E-state index contributed by atoms with van der Waals surface area (Å²) < 4.78 is 0. The molecule has 0 amide bonds. The van der Waals surface area contributed by atoms with Crippen LogP contribution in [-0.2, 0) is 4.79 Å². The van der Waals surface area contributed by atoms with Crippen LogP contribution in [0.15, 0.2) is 36.4 Å². The first-order chi connectivity index (χ1) is 12.8. The summed E-state index contributed by atoms with van der Waals surface area (Å²) in [5.41, 5.74) is 3.41. The molecule has 6 nitrogen and oxygen atoms in total. The van der Waals surface area contributed by atoms with Gasteiger partial charge in [-0.2, -0.15) is 0 Å². The van der Waals surface area contributed by atoms with Gasteiger partial charge in [-0.1, -0.05) is 56.3 Å². The Hall–Kier alpha value is -2.57. The van der Waals surface area contributed by atoms with Crippen molar-refractivity contribution >= 4 is 12.0 Å². The summed E-state index contributed by atoms with van der Waals surface area (Å²) in [7, 11) is 0. The molecule has 0 saturated carbocycles.